The molecule has 2 rings (SSSR count). The molecule has 0 heterocycles. The van der Waals surface area contributed by atoms with Gasteiger partial charge in [-0.15, -0.1) is 13.2 Å². The van der Waals surface area contributed by atoms with Gasteiger partial charge in [0.05, 0.1) is 5.02 Å². The van der Waals surface area contributed by atoms with E-state index in [4.69, 9.17) is 27.9 Å². The van der Waals surface area contributed by atoms with Crippen LogP contribution in [0.3, 0.4) is 0 Å². The van der Waals surface area contributed by atoms with E-state index in [1.165, 1.54) is 24.3 Å². The van der Waals surface area contributed by atoms with Gasteiger partial charge >= 0.3 is 6.36 Å². The van der Waals surface area contributed by atoms with E-state index < -0.39 is 12.1 Å². The molecule has 2 aromatic rings. The summed E-state index contributed by atoms with van der Waals surface area (Å²) in [6.45, 7) is 0. The van der Waals surface area contributed by atoms with Gasteiger partial charge < -0.3 is 9.47 Å². The van der Waals surface area contributed by atoms with E-state index in [1.54, 1.807) is 6.07 Å². The molecule has 2 nitrogen and oxygen atoms in total. The number of alkyl halides is 3. The summed E-state index contributed by atoms with van der Waals surface area (Å²) >= 11 is 11.7. The molecule has 2 aromatic carbocycles. The van der Waals surface area contributed by atoms with Gasteiger partial charge in [0.1, 0.15) is 10.8 Å². The summed E-state index contributed by atoms with van der Waals surface area (Å²) in [6.07, 6.45) is -4.83. The van der Waals surface area contributed by atoms with Crippen LogP contribution in [-0.2, 0) is 0 Å². The van der Waals surface area contributed by atoms with Gasteiger partial charge in [-0.05, 0) is 30.3 Å². The summed E-state index contributed by atoms with van der Waals surface area (Å²) in [6, 6.07) is 10.7. The Balaban J connectivity index is 2.32. The molecule has 1 radical (unpaired) electrons. The van der Waals surface area contributed by atoms with Crippen LogP contribution < -0.4 is 9.47 Å². The quantitative estimate of drug-likeness (QED) is 0.744. The molecule has 7 heteroatoms. The summed E-state index contributed by atoms with van der Waals surface area (Å²) in [4.78, 5) is 0. The Morgan fingerprint density at radius 2 is 1.75 bits per heavy atom. The largest absolute Gasteiger partial charge is 0.573 e. The van der Waals surface area contributed by atoms with Crippen LogP contribution in [0, 0.1) is 6.07 Å². The first-order valence-electron chi connectivity index (χ1n) is 5.24. The second-order valence-electron chi connectivity index (χ2n) is 3.57. The lowest BCUT2D eigenvalue weighted by Gasteiger charge is -2.14. The zero-order valence-corrected chi connectivity index (χ0v) is 11.2. The molecule has 0 aliphatic heterocycles. The summed E-state index contributed by atoms with van der Waals surface area (Å²) < 4.78 is 45.9. The molecule has 0 saturated carbocycles. The summed E-state index contributed by atoms with van der Waals surface area (Å²) in [5.74, 6) is -0.543. The van der Waals surface area contributed by atoms with Crippen molar-refractivity contribution in [3.05, 3.63) is 52.5 Å². The highest BCUT2D eigenvalue weighted by Crippen LogP contribution is 2.39. The molecule has 0 aliphatic carbocycles. The van der Waals surface area contributed by atoms with E-state index in [9.17, 15) is 13.2 Å². The van der Waals surface area contributed by atoms with E-state index in [-0.39, 0.29) is 21.5 Å². The third kappa shape index (κ3) is 3.71. The molecule has 0 fully saturated rings. The van der Waals surface area contributed by atoms with Gasteiger partial charge in [0.15, 0.2) is 11.5 Å². The van der Waals surface area contributed by atoms with Crippen LogP contribution in [0.5, 0.6) is 17.2 Å². The lowest BCUT2D eigenvalue weighted by atomic mass is 10.3. The Kier molecular flexibility index (Phi) is 4.30. The molecular weight excluding hydrogens is 316 g/mol. The van der Waals surface area contributed by atoms with Gasteiger partial charge in [0.2, 0.25) is 0 Å². The zero-order chi connectivity index (χ0) is 14.8. The van der Waals surface area contributed by atoms with E-state index in [0.29, 0.717) is 0 Å². The van der Waals surface area contributed by atoms with Gasteiger partial charge in [0, 0.05) is 0 Å². The Morgan fingerprint density at radius 1 is 1.00 bits per heavy atom. The lowest BCUT2D eigenvalue weighted by molar-refractivity contribution is -0.275. The maximum Gasteiger partial charge on any atom is 0.573 e. The van der Waals surface area contributed by atoms with Gasteiger partial charge in [-0.2, -0.15) is 0 Å². The van der Waals surface area contributed by atoms with Crippen molar-refractivity contribution in [2.75, 3.05) is 0 Å². The number of benzene rings is 2. The summed E-state index contributed by atoms with van der Waals surface area (Å²) in [5, 5.41) is 0.324. The Labute approximate surface area is 122 Å². The molecular formula is C13H6Cl2F3O2. The maximum absolute atomic E-state index is 12.3. The predicted molar refractivity (Wildman–Crippen MR) is 68.5 cm³/mol. The Hall–Kier alpha value is -1.59. The van der Waals surface area contributed by atoms with Crippen molar-refractivity contribution in [1.29, 1.82) is 0 Å². The van der Waals surface area contributed by atoms with Crippen molar-refractivity contribution in [3.8, 4) is 17.2 Å². The summed E-state index contributed by atoms with van der Waals surface area (Å²) in [7, 11) is 0. The Morgan fingerprint density at radius 3 is 2.45 bits per heavy atom. The molecule has 0 unspecified atom stereocenters. The Bertz CT molecular complexity index is 615. The molecule has 0 aromatic heterocycles. The van der Waals surface area contributed by atoms with Crippen molar-refractivity contribution in [1.82, 2.24) is 0 Å². The minimum Gasteiger partial charge on any atom is -0.452 e. The van der Waals surface area contributed by atoms with Crippen molar-refractivity contribution in [2.45, 2.75) is 6.36 Å². The monoisotopic (exact) mass is 321 g/mol. The van der Waals surface area contributed by atoms with E-state index in [0.717, 1.165) is 6.07 Å². The average molecular weight is 322 g/mol. The van der Waals surface area contributed by atoms with Gasteiger partial charge in [-0.1, -0.05) is 35.3 Å². The van der Waals surface area contributed by atoms with Crippen molar-refractivity contribution >= 4 is 23.2 Å². The summed E-state index contributed by atoms with van der Waals surface area (Å²) in [5.41, 5.74) is 0. The van der Waals surface area contributed by atoms with Crippen LogP contribution in [0.15, 0.2) is 36.4 Å². The molecule has 0 aliphatic rings. The van der Waals surface area contributed by atoms with Gasteiger partial charge in [-0.25, -0.2) is 0 Å². The number of halogens is 5. The molecule has 105 valence electrons. The third-order valence-corrected chi connectivity index (χ3v) is 2.95. The molecule has 0 atom stereocenters. The van der Waals surface area contributed by atoms with Gasteiger partial charge in [-0.3, -0.25) is 0 Å². The zero-order valence-electron chi connectivity index (χ0n) is 9.67. The predicted octanol–water partition coefficient (Wildman–Crippen LogP) is 5.48. The van der Waals surface area contributed by atoms with Crippen molar-refractivity contribution in [2.24, 2.45) is 0 Å². The molecule has 0 N–H and O–H groups in total. The smallest absolute Gasteiger partial charge is 0.452 e. The highest BCUT2D eigenvalue weighted by molar-refractivity contribution is 6.42. The fourth-order valence-corrected chi connectivity index (χ4v) is 1.70. The fraction of sp³-hybridized carbons (Fsp3) is 0.0769. The minimum absolute atomic E-state index is 0.0972. The SMILES string of the molecule is FC(F)(F)Oc1c[c]ccc1Oc1cccc(Cl)c1Cl. The highest BCUT2D eigenvalue weighted by atomic mass is 35.5. The van der Waals surface area contributed by atoms with Crippen molar-refractivity contribution < 1.29 is 22.6 Å². The second-order valence-corrected chi connectivity index (χ2v) is 4.36. The lowest BCUT2D eigenvalue weighted by Crippen LogP contribution is -2.17. The van der Waals surface area contributed by atoms with Crippen LogP contribution in [0.4, 0.5) is 13.2 Å². The maximum atomic E-state index is 12.3. The van der Waals surface area contributed by atoms with Crippen molar-refractivity contribution in [3.63, 3.8) is 0 Å². The van der Waals surface area contributed by atoms with Crippen LogP contribution >= 0.6 is 23.2 Å². The molecule has 0 saturated heterocycles. The molecule has 20 heavy (non-hydrogen) atoms. The molecule has 0 bridgehead atoms. The van der Waals surface area contributed by atoms with E-state index >= 15 is 0 Å². The second kappa shape index (κ2) is 5.81. The molecule has 0 amide bonds. The third-order valence-electron chi connectivity index (χ3n) is 2.15. The van der Waals surface area contributed by atoms with Crippen LogP contribution in [-0.4, -0.2) is 6.36 Å². The minimum atomic E-state index is -4.83. The number of hydrogen-bond donors (Lipinski definition) is 0. The van der Waals surface area contributed by atoms with E-state index in [1.807, 2.05) is 0 Å². The molecule has 0 spiro atoms. The number of rotatable bonds is 3. The first-order valence-corrected chi connectivity index (χ1v) is 6.00. The topological polar surface area (TPSA) is 18.5 Å². The van der Waals surface area contributed by atoms with Crippen LogP contribution in [0.2, 0.25) is 10.0 Å². The fourth-order valence-electron chi connectivity index (χ4n) is 1.37. The first kappa shape index (κ1) is 14.8. The number of ether oxygens (including phenoxy) is 2. The first-order chi connectivity index (χ1) is 9.37. The highest BCUT2D eigenvalue weighted by Gasteiger charge is 2.32. The number of hydrogen-bond acceptors (Lipinski definition) is 2. The van der Waals surface area contributed by atoms with E-state index in [2.05, 4.69) is 10.8 Å². The standard InChI is InChI=1S/C13H6Cl2F3O2/c14-8-4-3-7-11(12(8)15)19-9-5-1-2-6-10(9)20-13(16,17)18/h1,3-7H. The normalized spacial score (nSPS) is 11.2. The average Bonchev–Trinajstić information content (AvgIpc) is 2.35. The van der Waals surface area contributed by atoms with Crippen LogP contribution in [0.25, 0.3) is 0 Å². The van der Waals surface area contributed by atoms with Crippen LogP contribution in [0.1, 0.15) is 0 Å². The van der Waals surface area contributed by atoms with Gasteiger partial charge in [0.25, 0.3) is 0 Å².